The third-order valence-corrected chi connectivity index (χ3v) is 9.78. The normalized spacial score (nSPS) is 16.2. The summed E-state index contributed by atoms with van der Waals surface area (Å²) in [5.41, 5.74) is 6.31. The van der Waals surface area contributed by atoms with E-state index in [1.54, 1.807) is 23.5 Å². The van der Waals surface area contributed by atoms with Crippen LogP contribution in [0.3, 0.4) is 0 Å². The van der Waals surface area contributed by atoms with Crippen LogP contribution in [-0.2, 0) is 13.0 Å². The van der Waals surface area contributed by atoms with E-state index < -0.39 is 0 Å². The summed E-state index contributed by atoms with van der Waals surface area (Å²) in [4.78, 5) is 21.0. The van der Waals surface area contributed by atoms with Crippen LogP contribution in [0.25, 0.3) is 11.8 Å². The highest BCUT2D eigenvalue weighted by atomic mass is 35.5. The molecule has 0 spiro atoms. The van der Waals surface area contributed by atoms with E-state index in [2.05, 4.69) is 35.7 Å². The van der Waals surface area contributed by atoms with E-state index in [4.69, 9.17) is 32.9 Å². The number of benzene rings is 3. The van der Waals surface area contributed by atoms with Crippen LogP contribution in [0.4, 0.5) is 0 Å². The SMILES string of the molecule is O=c1/c(=C/c2ccccc2OCc2ccc(Cl)cc2Cl)sc2n1C(c1cccs1)C1=C(N=2)c2ccccc2CC1. The Hall–Kier alpha value is -3.42. The number of hydrogen-bond donors (Lipinski definition) is 0. The van der Waals surface area contributed by atoms with Crippen LogP contribution in [-0.4, -0.2) is 4.57 Å². The summed E-state index contributed by atoms with van der Waals surface area (Å²) in [6, 6.07) is 25.5. The van der Waals surface area contributed by atoms with Gasteiger partial charge < -0.3 is 4.74 Å². The van der Waals surface area contributed by atoms with Gasteiger partial charge in [-0.15, -0.1) is 11.3 Å². The molecule has 4 nitrogen and oxygen atoms in total. The molecule has 2 aliphatic rings. The minimum atomic E-state index is -0.153. The third-order valence-electron chi connectivity index (χ3n) is 7.29. The summed E-state index contributed by atoms with van der Waals surface area (Å²) in [5, 5.41) is 3.20. The molecule has 3 heterocycles. The topological polar surface area (TPSA) is 43.6 Å². The van der Waals surface area contributed by atoms with Crippen LogP contribution in [0, 0.1) is 0 Å². The molecule has 0 bridgehead atoms. The Kier molecular flexibility index (Phi) is 6.72. The molecule has 0 saturated carbocycles. The van der Waals surface area contributed by atoms with Crippen LogP contribution in [0.2, 0.25) is 10.0 Å². The minimum Gasteiger partial charge on any atom is -0.488 e. The number of thiophene rings is 1. The van der Waals surface area contributed by atoms with Crippen LogP contribution < -0.4 is 19.6 Å². The van der Waals surface area contributed by atoms with Crippen LogP contribution in [0.5, 0.6) is 5.75 Å². The molecule has 1 atom stereocenters. The summed E-state index contributed by atoms with van der Waals surface area (Å²) in [5.74, 6) is 0.669. The van der Waals surface area contributed by atoms with Crippen molar-refractivity contribution < 1.29 is 4.74 Å². The molecular weight excluding hydrogens is 579 g/mol. The first kappa shape index (κ1) is 25.5. The lowest BCUT2D eigenvalue weighted by atomic mass is 9.85. The molecule has 3 aromatic carbocycles. The van der Waals surface area contributed by atoms with Gasteiger partial charge in [-0.2, -0.15) is 0 Å². The first-order valence-corrected chi connectivity index (χ1v) is 15.3. The van der Waals surface area contributed by atoms with Gasteiger partial charge in [0.1, 0.15) is 12.4 Å². The van der Waals surface area contributed by atoms with Gasteiger partial charge in [-0.05, 0) is 59.7 Å². The highest BCUT2D eigenvalue weighted by Gasteiger charge is 2.33. The fourth-order valence-electron chi connectivity index (χ4n) is 5.38. The Labute approximate surface area is 248 Å². The van der Waals surface area contributed by atoms with Gasteiger partial charge in [0.25, 0.3) is 5.56 Å². The minimum absolute atomic E-state index is 0.0388. The van der Waals surface area contributed by atoms with E-state index >= 15 is 0 Å². The van der Waals surface area contributed by atoms with Crippen molar-refractivity contribution >= 4 is 57.6 Å². The Bertz CT molecular complexity index is 1970. The maximum Gasteiger partial charge on any atom is 0.271 e. The second-order valence-electron chi connectivity index (χ2n) is 9.69. The molecule has 1 unspecified atom stereocenters. The van der Waals surface area contributed by atoms with Gasteiger partial charge in [-0.1, -0.05) is 89.1 Å². The molecule has 1 aliphatic heterocycles. The number of para-hydroxylation sites is 1. The molecule has 0 saturated heterocycles. The van der Waals surface area contributed by atoms with Gasteiger partial charge in [0.2, 0.25) is 0 Å². The van der Waals surface area contributed by atoms with E-state index in [1.165, 1.54) is 28.0 Å². The molecular formula is C32H22Cl2N2O2S2. The molecule has 40 heavy (non-hydrogen) atoms. The number of halogens is 2. The summed E-state index contributed by atoms with van der Waals surface area (Å²) in [7, 11) is 0. The quantitative estimate of drug-likeness (QED) is 0.213. The predicted octanol–water partition coefficient (Wildman–Crippen LogP) is 7.27. The van der Waals surface area contributed by atoms with Crippen molar-refractivity contribution in [1.29, 1.82) is 0 Å². The number of aromatic nitrogens is 1. The zero-order chi connectivity index (χ0) is 27.2. The fraction of sp³-hybridized carbons (Fsp3) is 0.125. The number of ether oxygens (including phenoxy) is 1. The predicted molar refractivity (Wildman–Crippen MR) is 164 cm³/mol. The second-order valence-corrected chi connectivity index (χ2v) is 12.5. The Morgan fingerprint density at radius 2 is 1.85 bits per heavy atom. The smallest absolute Gasteiger partial charge is 0.271 e. The lowest BCUT2D eigenvalue weighted by Crippen LogP contribution is -2.38. The van der Waals surface area contributed by atoms with Crippen molar-refractivity contribution in [3.63, 3.8) is 0 Å². The van der Waals surface area contributed by atoms with Crippen LogP contribution in [0.15, 0.2) is 99.6 Å². The number of fused-ring (bicyclic) bond motifs is 3. The maximum atomic E-state index is 14.0. The molecule has 5 aromatic rings. The van der Waals surface area contributed by atoms with E-state index in [1.807, 2.05) is 47.0 Å². The van der Waals surface area contributed by atoms with E-state index in [0.29, 0.717) is 20.3 Å². The Balaban J connectivity index is 1.33. The number of aryl methyl sites for hydroxylation is 1. The average molecular weight is 602 g/mol. The first-order chi connectivity index (χ1) is 19.6. The number of allylic oxidation sites excluding steroid dienone is 1. The number of rotatable bonds is 5. The van der Waals surface area contributed by atoms with E-state index in [9.17, 15) is 4.79 Å². The molecule has 0 radical (unpaired) electrons. The first-order valence-electron chi connectivity index (χ1n) is 12.9. The summed E-state index contributed by atoms with van der Waals surface area (Å²) >= 11 is 15.5. The fourth-order valence-corrected chi connectivity index (χ4v) is 7.69. The van der Waals surface area contributed by atoms with Gasteiger partial charge in [0.15, 0.2) is 4.80 Å². The van der Waals surface area contributed by atoms with Crippen LogP contribution >= 0.6 is 45.9 Å². The van der Waals surface area contributed by atoms with Crippen molar-refractivity contribution in [2.45, 2.75) is 25.5 Å². The summed E-state index contributed by atoms with van der Waals surface area (Å²) in [6.45, 7) is 0.284. The van der Waals surface area contributed by atoms with Crippen molar-refractivity contribution in [3.05, 3.63) is 147 Å². The van der Waals surface area contributed by atoms with Crippen molar-refractivity contribution in [3.8, 4) is 5.75 Å². The molecule has 7 rings (SSSR count). The van der Waals surface area contributed by atoms with Gasteiger partial charge in [-0.3, -0.25) is 9.36 Å². The van der Waals surface area contributed by atoms with Crippen LogP contribution in [0.1, 0.15) is 39.6 Å². The number of hydrogen-bond acceptors (Lipinski definition) is 5. The van der Waals surface area contributed by atoms with Gasteiger partial charge in [0.05, 0.1) is 16.3 Å². The highest BCUT2D eigenvalue weighted by Crippen LogP contribution is 2.42. The van der Waals surface area contributed by atoms with Gasteiger partial charge in [0, 0.05) is 31.6 Å². The van der Waals surface area contributed by atoms with Crippen molar-refractivity contribution in [2.75, 3.05) is 0 Å². The summed E-state index contributed by atoms with van der Waals surface area (Å²) < 4.78 is 8.66. The maximum absolute atomic E-state index is 14.0. The molecule has 198 valence electrons. The second kappa shape index (κ2) is 10.5. The Morgan fingerprint density at radius 1 is 1.00 bits per heavy atom. The molecule has 0 N–H and O–H groups in total. The highest BCUT2D eigenvalue weighted by molar-refractivity contribution is 7.10. The van der Waals surface area contributed by atoms with E-state index in [-0.39, 0.29) is 18.2 Å². The van der Waals surface area contributed by atoms with Gasteiger partial charge >= 0.3 is 0 Å². The number of thiazole rings is 1. The van der Waals surface area contributed by atoms with Gasteiger partial charge in [-0.25, -0.2) is 4.99 Å². The zero-order valence-electron chi connectivity index (χ0n) is 21.1. The number of nitrogens with zero attached hydrogens (tertiary/aromatic N) is 2. The standard InChI is InChI=1S/C32H22Cl2N2O2S2/c33-22-13-11-21(25(34)17-22)18-38-26-9-4-2-7-20(26)16-28-31(37)36-30(27-10-5-15-39-27)24-14-12-19-6-1-3-8-23(19)29(24)35-32(36)40-28/h1-11,13,15-17,30H,12,14,18H2/b28-16-. The molecule has 2 aromatic heterocycles. The monoisotopic (exact) mass is 600 g/mol. The third kappa shape index (κ3) is 4.55. The molecule has 0 fully saturated rings. The Morgan fingerprint density at radius 3 is 2.70 bits per heavy atom. The summed E-state index contributed by atoms with van der Waals surface area (Å²) in [6.07, 6.45) is 3.73. The lowest BCUT2D eigenvalue weighted by Gasteiger charge is -2.30. The lowest BCUT2D eigenvalue weighted by molar-refractivity contribution is 0.305. The zero-order valence-corrected chi connectivity index (χ0v) is 24.3. The largest absolute Gasteiger partial charge is 0.488 e. The molecule has 8 heteroatoms. The molecule has 0 amide bonds. The van der Waals surface area contributed by atoms with Crippen molar-refractivity contribution in [2.24, 2.45) is 4.99 Å². The van der Waals surface area contributed by atoms with Crippen molar-refractivity contribution in [1.82, 2.24) is 4.57 Å². The van der Waals surface area contributed by atoms with E-state index in [0.717, 1.165) is 39.3 Å². The molecule has 1 aliphatic carbocycles. The average Bonchev–Trinajstić information content (AvgIpc) is 3.60.